The van der Waals surface area contributed by atoms with Crippen LogP contribution in [0.4, 0.5) is 0 Å². The second-order valence-corrected chi connectivity index (χ2v) is 12.1. The second-order valence-electron chi connectivity index (χ2n) is 8.03. The van der Waals surface area contributed by atoms with Crippen molar-refractivity contribution in [2.75, 3.05) is 6.26 Å². The molecule has 0 bridgehead atoms. The maximum atomic E-state index is 11.7. The van der Waals surface area contributed by atoms with Crippen molar-refractivity contribution >= 4 is 24.1 Å². The number of hydrogen-bond acceptors (Lipinski definition) is 3. The fraction of sp³-hybridized carbons (Fsp3) is 0.455. The minimum absolute atomic E-state index is 0.214. The predicted octanol–water partition coefficient (Wildman–Crippen LogP) is 4.22. The molecule has 5 heteroatoms. The Bertz CT molecular complexity index is 871. The molecule has 1 radical (unpaired) electrons. The quantitative estimate of drug-likeness (QED) is 0.681. The van der Waals surface area contributed by atoms with Crippen LogP contribution < -0.4 is 5.19 Å². The molecule has 145 valence electrons. The Kier molecular flexibility index (Phi) is 5.94. The Hall–Kier alpha value is -1.43. The highest BCUT2D eigenvalue weighted by Gasteiger charge is 2.44. The first-order valence-corrected chi connectivity index (χ1v) is 13.2. The highest BCUT2D eigenvalue weighted by Crippen LogP contribution is 2.42. The molecule has 0 saturated carbocycles. The third kappa shape index (κ3) is 4.70. The smallest absolute Gasteiger partial charge is 0.248 e. The average molecular weight is 402 g/mol. The highest BCUT2D eigenvalue weighted by atomic mass is 32.2. The summed E-state index contributed by atoms with van der Waals surface area (Å²) in [5, 5.41) is 1.14. The van der Waals surface area contributed by atoms with Gasteiger partial charge in [0.05, 0.1) is 10.5 Å². The number of rotatable bonds is 6. The van der Waals surface area contributed by atoms with E-state index in [9.17, 15) is 8.42 Å². The third-order valence-electron chi connectivity index (χ3n) is 5.42. The molecule has 0 aliphatic carbocycles. The lowest BCUT2D eigenvalue weighted by atomic mass is 9.86. The molecular formula is C22H29O3SSi. The van der Waals surface area contributed by atoms with E-state index in [0.29, 0.717) is 10.8 Å². The first-order chi connectivity index (χ1) is 12.7. The Morgan fingerprint density at radius 2 is 1.70 bits per heavy atom. The van der Waals surface area contributed by atoms with Crippen molar-refractivity contribution in [1.29, 1.82) is 0 Å². The maximum absolute atomic E-state index is 11.7. The molecule has 1 aliphatic rings. The Labute approximate surface area is 165 Å². The van der Waals surface area contributed by atoms with Crippen molar-refractivity contribution < 1.29 is 12.8 Å². The fourth-order valence-electron chi connectivity index (χ4n) is 3.74. The molecule has 2 aromatic rings. The van der Waals surface area contributed by atoms with Crippen molar-refractivity contribution in [3.05, 3.63) is 59.7 Å². The molecule has 27 heavy (non-hydrogen) atoms. The molecular weight excluding hydrogens is 372 g/mol. The van der Waals surface area contributed by atoms with E-state index in [1.54, 1.807) is 12.1 Å². The number of benzene rings is 2. The van der Waals surface area contributed by atoms with Crippen molar-refractivity contribution in [3.63, 3.8) is 0 Å². The van der Waals surface area contributed by atoms with Crippen LogP contribution in [0.1, 0.15) is 50.7 Å². The number of sulfone groups is 1. The SMILES string of the molecule is CCCCc1ccc(C2C[Si](c3ccc(S(C)(=O)=O)cc3)OC2(C)C)cc1. The summed E-state index contributed by atoms with van der Waals surface area (Å²) in [6.07, 6.45) is 4.83. The summed E-state index contributed by atoms with van der Waals surface area (Å²) in [5.74, 6) is 0.362. The summed E-state index contributed by atoms with van der Waals surface area (Å²) < 4.78 is 29.8. The van der Waals surface area contributed by atoms with E-state index >= 15 is 0 Å². The predicted molar refractivity (Wildman–Crippen MR) is 113 cm³/mol. The molecule has 0 amide bonds. The topological polar surface area (TPSA) is 43.4 Å². The van der Waals surface area contributed by atoms with Gasteiger partial charge in [0, 0.05) is 12.2 Å². The molecule has 0 spiro atoms. The van der Waals surface area contributed by atoms with E-state index in [0.717, 1.165) is 17.7 Å². The summed E-state index contributed by atoms with van der Waals surface area (Å²) in [6, 6.07) is 17.3. The average Bonchev–Trinajstić information content (AvgIpc) is 2.95. The van der Waals surface area contributed by atoms with Crippen molar-refractivity contribution in [2.45, 2.75) is 62.5 Å². The van der Waals surface area contributed by atoms with Crippen LogP contribution in [0.25, 0.3) is 0 Å². The van der Waals surface area contributed by atoms with Crippen LogP contribution in [0.5, 0.6) is 0 Å². The lowest BCUT2D eigenvalue weighted by molar-refractivity contribution is 0.117. The minimum atomic E-state index is -3.16. The van der Waals surface area contributed by atoms with Gasteiger partial charge in [0.2, 0.25) is 9.04 Å². The second kappa shape index (κ2) is 7.90. The number of hydrogen-bond donors (Lipinski definition) is 0. The van der Waals surface area contributed by atoms with Crippen LogP contribution in [0.2, 0.25) is 6.04 Å². The van der Waals surface area contributed by atoms with Crippen LogP contribution in [-0.4, -0.2) is 29.3 Å². The molecule has 1 aliphatic heterocycles. The highest BCUT2D eigenvalue weighted by molar-refractivity contribution is 7.90. The molecule has 1 unspecified atom stereocenters. The van der Waals surface area contributed by atoms with E-state index < -0.39 is 18.9 Å². The summed E-state index contributed by atoms with van der Waals surface area (Å²) >= 11 is 0. The van der Waals surface area contributed by atoms with Crippen LogP contribution in [-0.2, 0) is 20.7 Å². The Morgan fingerprint density at radius 3 is 2.26 bits per heavy atom. The molecule has 0 aromatic heterocycles. The minimum Gasteiger partial charge on any atom is -0.406 e. The summed E-state index contributed by atoms with van der Waals surface area (Å²) in [4.78, 5) is 0.366. The number of aryl methyl sites for hydroxylation is 1. The van der Waals surface area contributed by atoms with Crippen LogP contribution in [0, 0.1) is 0 Å². The van der Waals surface area contributed by atoms with E-state index in [-0.39, 0.29) is 5.60 Å². The van der Waals surface area contributed by atoms with Gasteiger partial charge in [0.25, 0.3) is 0 Å². The van der Waals surface area contributed by atoms with Gasteiger partial charge in [-0.25, -0.2) is 8.42 Å². The maximum Gasteiger partial charge on any atom is 0.248 e. The fourth-order valence-corrected chi connectivity index (χ4v) is 7.22. The van der Waals surface area contributed by atoms with Crippen LogP contribution in [0.15, 0.2) is 53.4 Å². The van der Waals surface area contributed by atoms with Crippen molar-refractivity contribution in [2.24, 2.45) is 0 Å². The van der Waals surface area contributed by atoms with Crippen LogP contribution in [0.3, 0.4) is 0 Å². The largest absolute Gasteiger partial charge is 0.406 e. The van der Waals surface area contributed by atoms with E-state index in [2.05, 4.69) is 45.0 Å². The molecule has 1 fully saturated rings. The van der Waals surface area contributed by atoms with Gasteiger partial charge in [-0.1, -0.05) is 49.7 Å². The zero-order chi connectivity index (χ0) is 19.7. The van der Waals surface area contributed by atoms with Crippen LogP contribution >= 0.6 is 0 Å². The number of unbranched alkanes of at least 4 members (excludes halogenated alkanes) is 1. The van der Waals surface area contributed by atoms with E-state index in [1.807, 2.05) is 12.1 Å². The molecule has 0 N–H and O–H groups in total. The van der Waals surface area contributed by atoms with E-state index in [1.165, 1.54) is 30.2 Å². The standard InChI is InChI=1S/C22H29O3SSi/c1-5-6-7-17-8-10-18(11-9-17)21-16-27(25-22(21,2)3)20-14-12-19(13-15-20)26(4,23)24/h8-15,21H,5-7,16H2,1-4H3. The van der Waals surface area contributed by atoms with Gasteiger partial charge in [-0.2, -0.15) is 0 Å². The summed E-state index contributed by atoms with van der Waals surface area (Å²) in [7, 11) is -4.33. The van der Waals surface area contributed by atoms with Gasteiger partial charge >= 0.3 is 0 Å². The zero-order valence-corrected chi connectivity index (χ0v) is 18.5. The summed E-state index contributed by atoms with van der Waals surface area (Å²) in [6.45, 7) is 6.56. The van der Waals surface area contributed by atoms with E-state index in [4.69, 9.17) is 4.43 Å². The zero-order valence-electron chi connectivity index (χ0n) is 16.7. The third-order valence-corrected chi connectivity index (χ3v) is 9.08. The lowest BCUT2D eigenvalue weighted by Crippen LogP contribution is -2.33. The molecule has 1 heterocycles. The Morgan fingerprint density at radius 1 is 1.07 bits per heavy atom. The van der Waals surface area contributed by atoms with Crippen molar-refractivity contribution in [3.8, 4) is 0 Å². The first kappa shape index (κ1) is 20.3. The lowest BCUT2D eigenvalue weighted by Gasteiger charge is -2.27. The molecule has 2 aromatic carbocycles. The normalized spacial score (nSPS) is 20.1. The molecule has 3 rings (SSSR count). The molecule has 3 nitrogen and oxygen atoms in total. The molecule has 1 atom stereocenters. The first-order valence-electron chi connectivity index (χ1n) is 9.65. The van der Waals surface area contributed by atoms with Gasteiger partial charge in [-0.15, -0.1) is 0 Å². The van der Waals surface area contributed by atoms with Gasteiger partial charge in [-0.3, -0.25) is 0 Å². The van der Waals surface area contributed by atoms with Gasteiger partial charge in [0.15, 0.2) is 9.84 Å². The van der Waals surface area contributed by atoms with Gasteiger partial charge in [-0.05, 0) is 61.2 Å². The summed E-state index contributed by atoms with van der Waals surface area (Å²) in [5.41, 5.74) is 2.53. The molecule has 1 saturated heterocycles. The van der Waals surface area contributed by atoms with Crippen molar-refractivity contribution in [1.82, 2.24) is 0 Å². The Balaban J connectivity index is 1.77. The van der Waals surface area contributed by atoms with Gasteiger partial charge < -0.3 is 4.43 Å². The van der Waals surface area contributed by atoms with Gasteiger partial charge in [0.1, 0.15) is 0 Å². The monoisotopic (exact) mass is 401 g/mol.